The highest BCUT2D eigenvalue weighted by Gasteiger charge is 2.20. The van der Waals surface area contributed by atoms with E-state index in [4.69, 9.17) is 18.9 Å². The standard InChI is InChI=1S/C18H27NO5/c1-4-22-16-7-6-15(14(3)20)17(18(16)23-5-2)24-13-10-19-8-11-21-12-9-19/h6-7H,4-5,8-13H2,1-3H3. The second-order valence-corrected chi connectivity index (χ2v) is 5.49. The van der Waals surface area contributed by atoms with Crippen LogP contribution in [0.2, 0.25) is 0 Å². The molecule has 1 aromatic carbocycles. The lowest BCUT2D eigenvalue weighted by molar-refractivity contribution is 0.0320. The van der Waals surface area contributed by atoms with E-state index in [9.17, 15) is 4.79 Å². The fraction of sp³-hybridized carbons (Fsp3) is 0.611. The third-order valence-corrected chi connectivity index (χ3v) is 3.80. The number of hydrogen-bond acceptors (Lipinski definition) is 6. The second kappa shape index (κ2) is 9.49. The second-order valence-electron chi connectivity index (χ2n) is 5.49. The minimum atomic E-state index is -0.0552. The average Bonchev–Trinajstić information content (AvgIpc) is 2.58. The van der Waals surface area contributed by atoms with E-state index in [0.29, 0.717) is 42.6 Å². The van der Waals surface area contributed by atoms with E-state index < -0.39 is 0 Å². The first-order valence-corrected chi connectivity index (χ1v) is 8.53. The molecule has 1 saturated heterocycles. The van der Waals surface area contributed by atoms with Crippen molar-refractivity contribution in [2.75, 3.05) is 52.7 Å². The van der Waals surface area contributed by atoms with E-state index in [0.717, 1.165) is 32.8 Å². The van der Waals surface area contributed by atoms with Crippen molar-refractivity contribution in [3.05, 3.63) is 17.7 Å². The highest BCUT2D eigenvalue weighted by atomic mass is 16.5. The molecule has 1 heterocycles. The quantitative estimate of drug-likeness (QED) is 0.645. The molecule has 0 aliphatic carbocycles. The van der Waals surface area contributed by atoms with E-state index in [1.54, 1.807) is 12.1 Å². The van der Waals surface area contributed by atoms with Crippen LogP contribution in [0.15, 0.2) is 12.1 Å². The first-order valence-electron chi connectivity index (χ1n) is 8.53. The van der Waals surface area contributed by atoms with Crippen LogP contribution in [0.5, 0.6) is 17.2 Å². The van der Waals surface area contributed by atoms with Crippen LogP contribution in [-0.2, 0) is 4.74 Å². The maximum Gasteiger partial charge on any atom is 0.204 e. The molecule has 0 spiro atoms. The number of morpholine rings is 1. The molecular weight excluding hydrogens is 310 g/mol. The molecule has 0 unspecified atom stereocenters. The van der Waals surface area contributed by atoms with Crippen molar-refractivity contribution in [1.82, 2.24) is 4.90 Å². The van der Waals surface area contributed by atoms with Gasteiger partial charge in [0.1, 0.15) is 6.61 Å². The number of ether oxygens (including phenoxy) is 4. The topological polar surface area (TPSA) is 57.2 Å². The predicted octanol–water partition coefficient (Wildman–Crippen LogP) is 2.40. The number of carbonyl (C=O) groups excluding carboxylic acids is 1. The molecule has 6 nitrogen and oxygen atoms in total. The summed E-state index contributed by atoms with van der Waals surface area (Å²) >= 11 is 0. The van der Waals surface area contributed by atoms with Crippen molar-refractivity contribution in [3.8, 4) is 17.2 Å². The Labute approximate surface area is 143 Å². The Morgan fingerprint density at radius 2 is 1.79 bits per heavy atom. The summed E-state index contributed by atoms with van der Waals surface area (Å²) in [4.78, 5) is 14.2. The Hall–Kier alpha value is -1.79. The molecule has 0 amide bonds. The maximum absolute atomic E-state index is 12.0. The van der Waals surface area contributed by atoms with Gasteiger partial charge in [-0.2, -0.15) is 0 Å². The zero-order chi connectivity index (χ0) is 17.4. The summed E-state index contributed by atoms with van der Waals surface area (Å²) in [6, 6.07) is 3.50. The van der Waals surface area contributed by atoms with Crippen LogP contribution in [0.25, 0.3) is 0 Å². The molecule has 0 saturated carbocycles. The van der Waals surface area contributed by atoms with Crippen LogP contribution in [0, 0.1) is 0 Å². The summed E-state index contributed by atoms with van der Waals surface area (Å²) in [6.45, 7) is 10.9. The first kappa shape index (κ1) is 18.5. The maximum atomic E-state index is 12.0. The smallest absolute Gasteiger partial charge is 0.204 e. The molecule has 0 bridgehead atoms. The Morgan fingerprint density at radius 1 is 1.08 bits per heavy atom. The van der Waals surface area contributed by atoms with Gasteiger partial charge in [0.05, 0.1) is 32.0 Å². The van der Waals surface area contributed by atoms with Crippen molar-refractivity contribution in [2.45, 2.75) is 20.8 Å². The van der Waals surface area contributed by atoms with Crippen LogP contribution in [0.3, 0.4) is 0 Å². The van der Waals surface area contributed by atoms with E-state index in [2.05, 4.69) is 4.90 Å². The molecule has 0 radical (unpaired) electrons. The zero-order valence-corrected chi connectivity index (χ0v) is 14.8. The summed E-state index contributed by atoms with van der Waals surface area (Å²) in [6.07, 6.45) is 0. The molecule has 1 aromatic rings. The van der Waals surface area contributed by atoms with Crippen LogP contribution < -0.4 is 14.2 Å². The normalized spacial score (nSPS) is 15.1. The van der Waals surface area contributed by atoms with Crippen LogP contribution in [0.1, 0.15) is 31.1 Å². The molecule has 0 N–H and O–H groups in total. The third kappa shape index (κ3) is 4.85. The summed E-state index contributed by atoms with van der Waals surface area (Å²) in [5.41, 5.74) is 0.517. The third-order valence-electron chi connectivity index (χ3n) is 3.80. The van der Waals surface area contributed by atoms with Gasteiger partial charge in [-0.15, -0.1) is 0 Å². The highest BCUT2D eigenvalue weighted by molar-refractivity contribution is 5.98. The largest absolute Gasteiger partial charge is 0.490 e. The lowest BCUT2D eigenvalue weighted by atomic mass is 10.1. The fourth-order valence-corrected chi connectivity index (χ4v) is 2.62. The molecule has 1 fully saturated rings. The minimum Gasteiger partial charge on any atom is -0.490 e. The molecule has 0 atom stereocenters. The Kier molecular flexibility index (Phi) is 7.34. The van der Waals surface area contributed by atoms with Gasteiger partial charge in [0, 0.05) is 19.6 Å². The van der Waals surface area contributed by atoms with Crippen molar-refractivity contribution < 1.29 is 23.7 Å². The number of rotatable bonds is 9. The van der Waals surface area contributed by atoms with Crippen LogP contribution in [0.4, 0.5) is 0 Å². The molecular formula is C18H27NO5. The van der Waals surface area contributed by atoms with Crippen molar-refractivity contribution in [3.63, 3.8) is 0 Å². The van der Waals surface area contributed by atoms with E-state index in [-0.39, 0.29) is 5.78 Å². The molecule has 6 heteroatoms. The zero-order valence-electron chi connectivity index (χ0n) is 14.8. The molecule has 0 aromatic heterocycles. The average molecular weight is 337 g/mol. The van der Waals surface area contributed by atoms with E-state index >= 15 is 0 Å². The van der Waals surface area contributed by atoms with Gasteiger partial charge in [-0.05, 0) is 32.9 Å². The lowest BCUT2D eigenvalue weighted by Crippen LogP contribution is -2.38. The number of hydrogen-bond donors (Lipinski definition) is 0. The fourth-order valence-electron chi connectivity index (χ4n) is 2.62. The lowest BCUT2D eigenvalue weighted by Gasteiger charge is -2.26. The minimum absolute atomic E-state index is 0.0552. The van der Waals surface area contributed by atoms with E-state index in [1.165, 1.54) is 6.92 Å². The van der Waals surface area contributed by atoms with Gasteiger partial charge in [0.2, 0.25) is 5.75 Å². The summed E-state index contributed by atoms with van der Waals surface area (Å²) in [5, 5.41) is 0. The first-order chi connectivity index (χ1) is 11.7. The number of carbonyl (C=O) groups is 1. The number of benzene rings is 1. The number of nitrogens with zero attached hydrogens (tertiary/aromatic N) is 1. The van der Waals surface area contributed by atoms with Crippen LogP contribution >= 0.6 is 0 Å². The highest BCUT2D eigenvalue weighted by Crippen LogP contribution is 2.40. The van der Waals surface area contributed by atoms with Gasteiger partial charge in [-0.1, -0.05) is 0 Å². The van der Waals surface area contributed by atoms with Gasteiger partial charge >= 0.3 is 0 Å². The predicted molar refractivity (Wildman–Crippen MR) is 91.5 cm³/mol. The molecule has 1 aliphatic heterocycles. The summed E-state index contributed by atoms with van der Waals surface area (Å²) in [7, 11) is 0. The SMILES string of the molecule is CCOc1ccc(C(C)=O)c(OCCN2CCOCC2)c1OCC. The van der Waals surface area contributed by atoms with Crippen molar-refractivity contribution in [2.24, 2.45) is 0 Å². The molecule has 1 aliphatic rings. The van der Waals surface area contributed by atoms with Gasteiger partial charge in [-0.25, -0.2) is 0 Å². The molecule has 134 valence electrons. The number of Topliss-reactive ketones (excluding diaryl/α,β-unsaturated/α-hetero) is 1. The Balaban J connectivity index is 2.16. The van der Waals surface area contributed by atoms with Crippen molar-refractivity contribution >= 4 is 5.78 Å². The summed E-state index contributed by atoms with van der Waals surface area (Å²) < 4.78 is 22.6. The Bertz CT molecular complexity index is 540. The van der Waals surface area contributed by atoms with Gasteiger partial charge in [-0.3, -0.25) is 9.69 Å². The van der Waals surface area contributed by atoms with Gasteiger partial charge < -0.3 is 18.9 Å². The monoisotopic (exact) mass is 337 g/mol. The summed E-state index contributed by atoms with van der Waals surface area (Å²) in [5.74, 6) is 1.53. The molecule has 2 rings (SSSR count). The van der Waals surface area contributed by atoms with Gasteiger partial charge in [0.15, 0.2) is 17.3 Å². The molecule has 24 heavy (non-hydrogen) atoms. The number of ketones is 1. The van der Waals surface area contributed by atoms with Crippen molar-refractivity contribution in [1.29, 1.82) is 0 Å². The Morgan fingerprint density at radius 3 is 2.42 bits per heavy atom. The van der Waals surface area contributed by atoms with Crippen LogP contribution in [-0.4, -0.2) is 63.4 Å². The van der Waals surface area contributed by atoms with E-state index in [1.807, 2.05) is 13.8 Å². The van der Waals surface area contributed by atoms with Gasteiger partial charge in [0.25, 0.3) is 0 Å².